The Morgan fingerprint density at radius 3 is 2.33 bits per heavy atom. The number of halogens is 3. The van der Waals surface area contributed by atoms with Crippen LogP contribution in [0.3, 0.4) is 0 Å². The van der Waals surface area contributed by atoms with Gasteiger partial charge in [0.2, 0.25) is 0 Å². The Hall–Kier alpha value is -2.43. The molecule has 4 rings (SSSR count). The molecule has 2 N–H and O–H groups in total. The van der Waals surface area contributed by atoms with E-state index in [1.165, 1.54) is 23.3 Å². The van der Waals surface area contributed by atoms with Crippen LogP contribution in [-0.4, -0.2) is 6.54 Å². The molecule has 0 aromatic heterocycles. The Bertz CT molecular complexity index is 969. The quantitative estimate of drug-likeness (QED) is 0.540. The van der Waals surface area contributed by atoms with Gasteiger partial charge in [-0.1, -0.05) is 29.3 Å². The number of rotatable bonds is 3. The second-order valence-corrected chi connectivity index (χ2v) is 7.31. The van der Waals surface area contributed by atoms with E-state index in [4.69, 9.17) is 33.7 Å². The van der Waals surface area contributed by atoms with Crippen molar-refractivity contribution in [2.45, 2.75) is 13.0 Å². The Kier molecular flexibility index (Phi) is 4.85. The molecular formula is C21H17Cl2FN2O. The van der Waals surface area contributed by atoms with E-state index in [-0.39, 0.29) is 5.82 Å². The van der Waals surface area contributed by atoms with E-state index in [1.54, 1.807) is 12.1 Å². The van der Waals surface area contributed by atoms with Gasteiger partial charge in [0.1, 0.15) is 11.6 Å². The van der Waals surface area contributed by atoms with Gasteiger partial charge in [0.05, 0.1) is 10.0 Å². The summed E-state index contributed by atoms with van der Waals surface area (Å²) in [6, 6.07) is 15.8. The topological polar surface area (TPSA) is 38.5 Å². The molecule has 0 aliphatic carbocycles. The van der Waals surface area contributed by atoms with E-state index in [0.717, 1.165) is 25.2 Å². The number of nitrogens with zero attached hydrogens (tertiary/aromatic N) is 1. The molecule has 3 nitrogen and oxygen atoms in total. The van der Waals surface area contributed by atoms with Crippen molar-refractivity contribution >= 4 is 34.6 Å². The summed E-state index contributed by atoms with van der Waals surface area (Å²) < 4.78 is 19.0. The maximum atomic E-state index is 13.1. The van der Waals surface area contributed by atoms with Gasteiger partial charge in [-0.2, -0.15) is 0 Å². The fourth-order valence-electron chi connectivity index (χ4n) is 3.26. The summed E-state index contributed by atoms with van der Waals surface area (Å²) in [7, 11) is 0. The zero-order valence-corrected chi connectivity index (χ0v) is 15.9. The number of hydrogen-bond acceptors (Lipinski definition) is 3. The maximum absolute atomic E-state index is 13.1. The van der Waals surface area contributed by atoms with Crippen molar-refractivity contribution in [1.82, 2.24) is 0 Å². The number of anilines is 2. The number of hydrogen-bond donors (Lipinski definition) is 1. The minimum absolute atomic E-state index is 0.224. The monoisotopic (exact) mass is 402 g/mol. The van der Waals surface area contributed by atoms with E-state index in [9.17, 15) is 4.39 Å². The molecule has 1 aliphatic heterocycles. The van der Waals surface area contributed by atoms with Crippen molar-refractivity contribution in [2.24, 2.45) is 0 Å². The molecule has 0 fully saturated rings. The summed E-state index contributed by atoms with van der Waals surface area (Å²) >= 11 is 12.4. The van der Waals surface area contributed by atoms with Gasteiger partial charge in [-0.3, -0.25) is 0 Å². The Morgan fingerprint density at radius 1 is 0.926 bits per heavy atom. The highest BCUT2D eigenvalue weighted by atomic mass is 35.5. The van der Waals surface area contributed by atoms with Crippen molar-refractivity contribution in [3.05, 3.63) is 81.6 Å². The van der Waals surface area contributed by atoms with Crippen LogP contribution in [0, 0.1) is 5.82 Å². The van der Waals surface area contributed by atoms with E-state index in [0.29, 0.717) is 27.2 Å². The van der Waals surface area contributed by atoms with Gasteiger partial charge in [-0.05, 0) is 66.1 Å². The summed E-state index contributed by atoms with van der Waals surface area (Å²) in [6.45, 7) is 1.62. The van der Waals surface area contributed by atoms with Gasteiger partial charge in [0, 0.05) is 24.5 Å². The Labute approximate surface area is 167 Å². The second kappa shape index (κ2) is 7.29. The smallest absolute Gasteiger partial charge is 0.164 e. The number of nitrogens with two attached hydrogens (primary N) is 1. The third kappa shape index (κ3) is 3.82. The van der Waals surface area contributed by atoms with E-state index >= 15 is 0 Å². The fraction of sp³-hybridized carbons (Fsp3) is 0.143. The molecule has 0 unspecified atom stereocenters. The normalized spacial score (nSPS) is 13.4. The summed E-state index contributed by atoms with van der Waals surface area (Å²) in [5.74, 6) is 0.853. The van der Waals surface area contributed by atoms with Crippen molar-refractivity contribution in [2.75, 3.05) is 17.2 Å². The van der Waals surface area contributed by atoms with E-state index < -0.39 is 0 Å². The first-order chi connectivity index (χ1) is 13.0. The third-order valence-corrected chi connectivity index (χ3v) is 5.18. The lowest BCUT2D eigenvalue weighted by molar-refractivity contribution is 0.481. The van der Waals surface area contributed by atoms with Crippen LogP contribution in [-0.2, 0) is 13.0 Å². The van der Waals surface area contributed by atoms with Crippen LogP contribution in [0.4, 0.5) is 15.8 Å². The van der Waals surface area contributed by atoms with Crippen LogP contribution in [0.15, 0.2) is 54.6 Å². The zero-order valence-electron chi connectivity index (χ0n) is 14.4. The first-order valence-electron chi connectivity index (χ1n) is 8.54. The molecule has 27 heavy (non-hydrogen) atoms. The molecule has 0 atom stereocenters. The maximum Gasteiger partial charge on any atom is 0.164 e. The summed E-state index contributed by atoms with van der Waals surface area (Å²) in [6.07, 6.45) is 0.868. The highest BCUT2D eigenvalue weighted by molar-refractivity contribution is 6.37. The molecule has 0 radical (unpaired) electrons. The lowest BCUT2D eigenvalue weighted by atomic mass is 9.99. The molecule has 3 aromatic carbocycles. The van der Waals surface area contributed by atoms with Crippen molar-refractivity contribution < 1.29 is 9.13 Å². The summed E-state index contributed by atoms with van der Waals surface area (Å²) in [4.78, 5) is 2.23. The Balaban J connectivity index is 1.55. The van der Waals surface area contributed by atoms with E-state index in [2.05, 4.69) is 4.90 Å². The average molecular weight is 403 g/mol. The second-order valence-electron chi connectivity index (χ2n) is 6.49. The van der Waals surface area contributed by atoms with Crippen molar-refractivity contribution in [1.29, 1.82) is 0 Å². The van der Waals surface area contributed by atoms with Gasteiger partial charge in [-0.25, -0.2) is 4.39 Å². The summed E-state index contributed by atoms with van der Waals surface area (Å²) in [5.41, 5.74) is 9.67. The Morgan fingerprint density at radius 2 is 1.63 bits per heavy atom. The molecule has 1 heterocycles. The number of nitrogen functional groups attached to an aromatic ring is 1. The van der Waals surface area contributed by atoms with Crippen LogP contribution >= 0.6 is 23.2 Å². The van der Waals surface area contributed by atoms with Gasteiger partial charge < -0.3 is 15.4 Å². The fourth-order valence-corrected chi connectivity index (χ4v) is 3.84. The lowest BCUT2D eigenvalue weighted by Gasteiger charge is -2.31. The zero-order chi connectivity index (χ0) is 19.0. The first kappa shape index (κ1) is 18.0. The number of ether oxygens (including phenoxy) is 1. The van der Waals surface area contributed by atoms with E-state index in [1.807, 2.05) is 30.3 Å². The number of fused-ring (bicyclic) bond motifs is 1. The standard InChI is InChI=1S/C21H17Cl2FN2O/c22-19-10-16(25)11-20(23)21(19)27-18-6-1-14-12-26(8-7-13(14)9-18)17-4-2-15(24)3-5-17/h1-6,9-11H,7-8,12,25H2. The molecule has 0 saturated heterocycles. The predicted octanol–water partition coefficient (Wildman–Crippen LogP) is 6.07. The highest BCUT2D eigenvalue weighted by Gasteiger charge is 2.18. The molecule has 1 aliphatic rings. The molecule has 0 saturated carbocycles. The SMILES string of the molecule is Nc1cc(Cl)c(Oc2ccc3c(c2)CCN(c2ccc(F)cc2)C3)c(Cl)c1. The minimum atomic E-state index is -0.224. The van der Waals surface area contributed by atoms with Crippen LogP contribution in [0.5, 0.6) is 11.5 Å². The van der Waals surface area contributed by atoms with Crippen LogP contribution in [0.25, 0.3) is 0 Å². The molecule has 3 aromatic rings. The van der Waals surface area contributed by atoms with Crippen molar-refractivity contribution in [3.8, 4) is 11.5 Å². The van der Waals surface area contributed by atoms with Crippen LogP contribution < -0.4 is 15.4 Å². The molecular weight excluding hydrogens is 386 g/mol. The largest absolute Gasteiger partial charge is 0.454 e. The average Bonchev–Trinajstić information content (AvgIpc) is 2.65. The van der Waals surface area contributed by atoms with Gasteiger partial charge in [0.15, 0.2) is 5.75 Å². The molecule has 138 valence electrons. The minimum Gasteiger partial charge on any atom is -0.454 e. The van der Waals surface area contributed by atoms with Crippen molar-refractivity contribution in [3.63, 3.8) is 0 Å². The number of benzene rings is 3. The van der Waals surface area contributed by atoms with Gasteiger partial charge in [0.25, 0.3) is 0 Å². The molecule has 0 amide bonds. The highest BCUT2D eigenvalue weighted by Crippen LogP contribution is 2.39. The lowest BCUT2D eigenvalue weighted by Crippen LogP contribution is -2.30. The predicted molar refractivity (Wildman–Crippen MR) is 109 cm³/mol. The van der Waals surface area contributed by atoms with Gasteiger partial charge in [-0.15, -0.1) is 0 Å². The van der Waals surface area contributed by atoms with Crippen LogP contribution in [0.1, 0.15) is 11.1 Å². The third-order valence-electron chi connectivity index (χ3n) is 4.62. The summed E-state index contributed by atoms with van der Waals surface area (Å²) in [5, 5.41) is 0.750. The van der Waals surface area contributed by atoms with Gasteiger partial charge >= 0.3 is 0 Å². The molecule has 0 bridgehead atoms. The molecule has 0 spiro atoms. The van der Waals surface area contributed by atoms with Crippen LogP contribution in [0.2, 0.25) is 10.0 Å². The molecule has 6 heteroatoms. The first-order valence-corrected chi connectivity index (χ1v) is 9.30.